The Kier molecular flexibility index (Phi) is 19.0. The second-order valence-electron chi connectivity index (χ2n) is 3.34. The molecule has 1 fully saturated rings. The van der Waals surface area contributed by atoms with Gasteiger partial charge >= 0.3 is 0 Å². The average molecular weight is 291 g/mol. The van der Waals surface area contributed by atoms with Gasteiger partial charge in [0.15, 0.2) is 0 Å². The minimum atomic E-state index is 0. The van der Waals surface area contributed by atoms with E-state index in [2.05, 4.69) is 10.6 Å². The molecule has 0 aromatic carbocycles. The minimum Gasteiger partial charge on any atom is -0.379 e. The number of ether oxygens (including phenoxy) is 3. The summed E-state index contributed by atoms with van der Waals surface area (Å²) in [4.78, 5) is 0. The van der Waals surface area contributed by atoms with Gasteiger partial charge in [-0.1, -0.05) is 0 Å². The Hall–Kier alpha value is 0.380. The van der Waals surface area contributed by atoms with Crippen LogP contribution >= 0.6 is 24.8 Å². The van der Waals surface area contributed by atoms with Crippen molar-refractivity contribution in [1.82, 2.24) is 10.6 Å². The first-order valence-electron chi connectivity index (χ1n) is 5.65. The smallest absolute Gasteiger partial charge is 0.0701 e. The van der Waals surface area contributed by atoms with Gasteiger partial charge in [0.2, 0.25) is 0 Å². The fourth-order valence-corrected chi connectivity index (χ4v) is 1.25. The second kappa shape index (κ2) is 16.4. The standard InChI is InChI=1S/C10H22N2O3.2ClH/c1-5-13-6-2-12-4-8-15-10-9-14-7-3-11-1;;/h11-12H,1-10H2;2*1H. The highest BCUT2D eigenvalue weighted by atomic mass is 35.5. The van der Waals surface area contributed by atoms with Gasteiger partial charge in [-0.25, -0.2) is 0 Å². The van der Waals surface area contributed by atoms with Gasteiger partial charge < -0.3 is 24.8 Å². The van der Waals surface area contributed by atoms with Crippen molar-refractivity contribution < 1.29 is 14.2 Å². The van der Waals surface area contributed by atoms with E-state index in [9.17, 15) is 0 Å². The molecule has 0 bridgehead atoms. The van der Waals surface area contributed by atoms with Crippen LogP contribution in [-0.2, 0) is 14.2 Å². The van der Waals surface area contributed by atoms with Gasteiger partial charge in [-0.3, -0.25) is 0 Å². The van der Waals surface area contributed by atoms with Gasteiger partial charge in [0.1, 0.15) is 0 Å². The molecule has 0 amide bonds. The molecule has 1 aliphatic heterocycles. The van der Waals surface area contributed by atoms with Crippen LogP contribution < -0.4 is 10.6 Å². The van der Waals surface area contributed by atoms with Gasteiger partial charge in [0, 0.05) is 26.2 Å². The Bertz CT molecular complexity index is 86.1. The van der Waals surface area contributed by atoms with Crippen molar-refractivity contribution >= 4 is 24.8 Å². The molecule has 0 radical (unpaired) electrons. The monoisotopic (exact) mass is 290 g/mol. The van der Waals surface area contributed by atoms with E-state index >= 15 is 0 Å². The van der Waals surface area contributed by atoms with Crippen LogP contribution in [0.15, 0.2) is 0 Å². The second-order valence-corrected chi connectivity index (χ2v) is 3.34. The summed E-state index contributed by atoms with van der Waals surface area (Å²) in [6.07, 6.45) is 0. The van der Waals surface area contributed by atoms with Gasteiger partial charge in [-0.2, -0.15) is 0 Å². The third-order valence-corrected chi connectivity index (χ3v) is 2.06. The molecule has 106 valence electrons. The molecule has 1 saturated heterocycles. The number of nitrogens with one attached hydrogen (secondary N) is 2. The first kappa shape index (κ1) is 19.7. The molecule has 1 aliphatic rings. The van der Waals surface area contributed by atoms with Gasteiger partial charge in [-0.05, 0) is 0 Å². The van der Waals surface area contributed by atoms with Crippen molar-refractivity contribution in [2.45, 2.75) is 0 Å². The normalized spacial score (nSPS) is 21.2. The Labute approximate surface area is 116 Å². The predicted octanol–water partition coefficient (Wildman–Crippen LogP) is 0.0726. The molecular formula is C10H24Cl2N2O3. The zero-order chi connectivity index (χ0) is 10.6. The third-order valence-electron chi connectivity index (χ3n) is 2.06. The number of rotatable bonds is 0. The van der Waals surface area contributed by atoms with Crippen molar-refractivity contribution in [3.05, 3.63) is 0 Å². The van der Waals surface area contributed by atoms with E-state index in [0.29, 0.717) is 13.2 Å². The fourth-order valence-electron chi connectivity index (χ4n) is 1.25. The molecule has 0 aliphatic carbocycles. The molecule has 7 heteroatoms. The lowest BCUT2D eigenvalue weighted by molar-refractivity contribution is 0.0502. The predicted molar refractivity (Wildman–Crippen MR) is 72.7 cm³/mol. The van der Waals surface area contributed by atoms with Crippen LogP contribution in [0.3, 0.4) is 0 Å². The van der Waals surface area contributed by atoms with Crippen molar-refractivity contribution in [3.8, 4) is 0 Å². The van der Waals surface area contributed by atoms with Crippen LogP contribution in [0.2, 0.25) is 0 Å². The molecule has 2 N–H and O–H groups in total. The topological polar surface area (TPSA) is 51.8 Å². The highest BCUT2D eigenvalue weighted by molar-refractivity contribution is 5.85. The fraction of sp³-hybridized carbons (Fsp3) is 1.00. The van der Waals surface area contributed by atoms with Crippen molar-refractivity contribution in [1.29, 1.82) is 0 Å². The summed E-state index contributed by atoms with van der Waals surface area (Å²) in [6.45, 7) is 7.89. The van der Waals surface area contributed by atoms with E-state index in [0.717, 1.165) is 52.6 Å². The zero-order valence-electron chi connectivity index (χ0n) is 10.1. The van der Waals surface area contributed by atoms with Crippen LogP contribution in [0, 0.1) is 0 Å². The minimum absolute atomic E-state index is 0. The van der Waals surface area contributed by atoms with Crippen LogP contribution in [0.5, 0.6) is 0 Å². The van der Waals surface area contributed by atoms with E-state index < -0.39 is 0 Å². The molecule has 0 aromatic rings. The number of hydrogen-bond donors (Lipinski definition) is 2. The lowest BCUT2D eigenvalue weighted by atomic mass is 10.6. The zero-order valence-corrected chi connectivity index (χ0v) is 11.7. The molecule has 0 spiro atoms. The van der Waals surface area contributed by atoms with E-state index in [1.165, 1.54) is 0 Å². The van der Waals surface area contributed by atoms with E-state index in [1.807, 2.05) is 0 Å². The highest BCUT2D eigenvalue weighted by Crippen LogP contribution is 1.80. The van der Waals surface area contributed by atoms with Crippen LogP contribution in [-0.4, -0.2) is 65.8 Å². The van der Waals surface area contributed by atoms with Crippen molar-refractivity contribution in [2.24, 2.45) is 0 Å². The third kappa shape index (κ3) is 14.3. The van der Waals surface area contributed by atoms with Crippen LogP contribution in [0.4, 0.5) is 0 Å². The molecule has 0 atom stereocenters. The van der Waals surface area contributed by atoms with Crippen molar-refractivity contribution in [2.75, 3.05) is 65.8 Å². The molecule has 1 heterocycles. The van der Waals surface area contributed by atoms with Gasteiger partial charge in [0.25, 0.3) is 0 Å². The Morgan fingerprint density at radius 1 is 0.471 bits per heavy atom. The Morgan fingerprint density at radius 3 is 1.12 bits per heavy atom. The maximum absolute atomic E-state index is 5.40. The first-order valence-corrected chi connectivity index (χ1v) is 5.65. The SMILES string of the molecule is C1COCCNCCOCCOCCN1.Cl.Cl. The van der Waals surface area contributed by atoms with E-state index in [1.54, 1.807) is 0 Å². The Balaban J connectivity index is 0. The molecular weight excluding hydrogens is 267 g/mol. The maximum atomic E-state index is 5.40. The summed E-state index contributed by atoms with van der Waals surface area (Å²) >= 11 is 0. The molecule has 1 rings (SSSR count). The molecule has 0 aromatic heterocycles. The molecule has 0 saturated carbocycles. The maximum Gasteiger partial charge on any atom is 0.0701 e. The summed E-state index contributed by atoms with van der Waals surface area (Å²) in [5.74, 6) is 0. The summed E-state index contributed by atoms with van der Waals surface area (Å²) in [6, 6.07) is 0. The lowest BCUT2D eigenvalue weighted by Gasteiger charge is -2.06. The molecule has 17 heavy (non-hydrogen) atoms. The van der Waals surface area contributed by atoms with Crippen LogP contribution in [0.25, 0.3) is 0 Å². The number of hydrogen-bond acceptors (Lipinski definition) is 5. The van der Waals surface area contributed by atoms with Gasteiger partial charge in [-0.15, -0.1) is 24.8 Å². The number of halogens is 2. The van der Waals surface area contributed by atoms with E-state index in [-0.39, 0.29) is 24.8 Å². The summed E-state index contributed by atoms with van der Waals surface area (Å²) in [7, 11) is 0. The molecule has 5 nitrogen and oxygen atoms in total. The molecule has 0 unspecified atom stereocenters. The van der Waals surface area contributed by atoms with Crippen LogP contribution in [0.1, 0.15) is 0 Å². The average Bonchev–Trinajstić information content (AvgIpc) is 2.27. The Morgan fingerprint density at radius 2 is 0.765 bits per heavy atom. The largest absolute Gasteiger partial charge is 0.379 e. The highest BCUT2D eigenvalue weighted by Gasteiger charge is 1.94. The lowest BCUT2D eigenvalue weighted by Crippen LogP contribution is -2.26. The first-order chi connectivity index (χ1) is 7.50. The quantitative estimate of drug-likeness (QED) is 0.662. The summed E-state index contributed by atoms with van der Waals surface area (Å²) < 4.78 is 16.1. The van der Waals surface area contributed by atoms with E-state index in [4.69, 9.17) is 14.2 Å². The summed E-state index contributed by atoms with van der Waals surface area (Å²) in [5, 5.41) is 6.49. The summed E-state index contributed by atoms with van der Waals surface area (Å²) in [5.41, 5.74) is 0. The van der Waals surface area contributed by atoms with Crippen molar-refractivity contribution in [3.63, 3.8) is 0 Å². The van der Waals surface area contributed by atoms with Gasteiger partial charge in [0.05, 0.1) is 39.6 Å².